The van der Waals surface area contributed by atoms with Crippen molar-refractivity contribution in [1.82, 2.24) is 0 Å². The van der Waals surface area contributed by atoms with Gasteiger partial charge in [0, 0.05) is 0 Å². The summed E-state index contributed by atoms with van der Waals surface area (Å²) in [6.07, 6.45) is 21.7. The fourth-order valence-electron chi connectivity index (χ4n) is 6.27. The van der Waals surface area contributed by atoms with E-state index < -0.39 is 0 Å². The lowest BCUT2D eigenvalue weighted by Gasteiger charge is -2.31. The maximum absolute atomic E-state index is 3.99. The average molecular weight is 417 g/mol. The molecular weight excluding hydrogens is 372 g/mol. The molecule has 0 nitrogen and oxygen atoms in total. The Morgan fingerprint density at radius 3 is 2.10 bits per heavy atom. The average Bonchev–Trinajstić information content (AvgIpc) is 2.83. The van der Waals surface area contributed by atoms with Crippen LogP contribution in [0.5, 0.6) is 0 Å². The number of hydrogen-bond donors (Lipinski definition) is 0. The maximum Gasteiger partial charge on any atom is -0.0162 e. The molecule has 0 bridgehead atoms. The first-order valence-corrected chi connectivity index (χ1v) is 13.4. The number of benzene rings is 2. The molecule has 0 atom stereocenters. The first kappa shape index (κ1) is 22.6. The van der Waals surface area contributed by atoms with Gasteiger partial charge in [-0.2, -0.15) is 0 Å². The highest BCUT2D eigenvalue weighted by Gasteiger charge is 2.25. The number of rotatable bonds is 9. The second-order valence-electron chi connectivity index (χ2n) is 10.7. The van der Waals surface area contributed by atoms with Gasteiger partial charge >= 0.3 is 0 Å². The van der Waals surface area contributed by atoms with Crippen LogP contribution in [0.3, 0.4) is 0 Å². The smallest absolute Gasteiger partial charge is 0.0162 e. The molecule has 2 saturated carbocycles. The van der Waals surface area contributed by atoms with Crippen molar-refractivity contribution in [1.29, 1.82) is 0 Å². The normalized spacial score (nSPS) is 26.7. The molecule has 2 fully saturated rings. The van der Waals surface area contributed by atoms with Gasteiger partial charge in [-0.1, -0.05) is 75.1 Å². The first-order chi connectivity index (χ1) is 15.2. The van der Waals surface area contributed by atoms with Crippen LogP contribution < -0.4 is 0 Å². The van der Waals surface area contributed by atoms with Crippen molar-refractivity contribution >= 4 is 10.8 Å². The Morgan fingerprint density at radius 1 is 0.774 bits per heavy atom. The van der Waals surface area contributed by atoms with Crippen molar-refractivity contribution < 1.29 is 0 Å². The standard InChI is InChI=1S/C31H44/c1-3-5-6-7-27-16-19-31-23-30(21-20-29(31)22-27)28-17-14-26(15-18-28)13-12-25-10-8-24(4-2)9-11-25/h4,16,19-26,28H,2-3,5-15,17-18H2,1H3. The van der Waals surface area contributed by atoms with E-state index in [1.165, 1.54) is 106 Å². The van der Waals surface area contributed by atoms with Crippen molar-refractivity contribution in [3.8, 4) is 0 Å². The van der Waals surface area contributed by atoms with Gasteiger partial charge in [-0.3, -0.25) is 0 Å². The minimum Gasteiger partial charge on any atom is -0.103 e. The Balaban J connectivity index is 1.25. The van der Waals surface area contributed by atoms with Crippen LogP contribution in [0.4, 0.5) is 0 Å². The van der Waals surface area contributed by atoms with Crippen molar-refractivity contribution in [2.45, 2.75) is 103 Å². The summed E-state index contributed by atoms with van der Waals surface area (Å²) in [4.78, 5) is 0. The molecule has 4 rings (SSSR count). The van der Waals surface area contributed by atoms with E-state index in [2.05, 4.69) is 56.0 Å². The lowest BCUT2D eigenvalue weighted by atomic mass is 9.74. The van der Waals surface area contributed by atoms with Crippen LogP contribution in [-0.4, -0.2) is 0 Å². The van der Waals surface area contributed by atoms with E-state index in [0.29, 0.717) is 0 Å². The molecule has 0 amide bonds. The molecule has 0 aromatic heterocycles. The van der Waals surface area contributed by atoms with Gasteiger partial charge in [0.1, 0.15) is 0 Å². The largest absolute Gasteiger partial charge is 0.103 e. The van der Waals surface area contributed by atoms with Gasteiger partial charge in [-0.15, -0.1) is 6.58 Å². The van der Waals surface area contributed by atoms with E-state index in [9.17, 15) is 0 Å². The molecule has 0 heterocycles. The minimum absolute atomic E-state index is 0.785. The Hall–Kier alpha value is -1.56. The molecule has 2 aromatic rings. The third-order valence-corrected chi connectivity index (χ3v) is 8.52. The second kappa shape index (κ2) is 11.3. The third kappa shape index (κ3) is 6.24. The molecule has 0 unspecified atom stereocenters. The van der Waals surface area contributed by atoms with Crippen molar-refractivity contribution in [2.75, 3.05) is 0 Å². The van der Waals surface area contributed by atoms with Gasteiger partial charge in [0.25, 0.3) is 0 Å². The van der Waals surface area contributed by atoms with E-state index in [1.807, 2.05) is 0 Å². The fraction of sp³-hybridized carbons (Fsp3) is 0.613. The summed E-state index contributed by atoms with van der Waals surface area (Å²) in [6, 6.07) is 14.5. The molecule has 0 N–H and O–H groups in total. The lowest BCUT2D eigenvalue weighted by molar-refractivity contribution is 0.246. The summed E-state index contributed by atoms with van der Waals surface area (Å²) in [5, 5.41) is 2.87. The fourth-order valence-corrected chi connectivity index (χ4v) is 6.27. The molecule has 31 heavy (non-hydrogen) atoms. The SMILES string of the molecule is C=CC1CCC(CCC2CCC(c3ccc4cc(CCCCC)ccc4c3)CC2)CC1. The van der Waals surface area contributed by atoms with Crippen LogP contribution in [0.15, 0.2) is 49.1 Å². The molecular formula is C31H44. The molecule has 168 valence electrons. The molecule has 0 heteroatoms. The monoisotopic (exact) mass is 416 g/mol. The second-order valence-corrected chi connectivity index (χ2v) is 10.7. The predicted molar refractivity (Wildman–Crippen MR) is 137 cm³/mol. The number of unbranched alkanes of at least 4 members (excludes halogenated alkanes) is 2. The van der Waals surface area contributed by atoms with Gasteiger partial charge in [0.2, 0.25) is 0 Å². The number of allylic oxidation sites excluding steroid dienone is 1. The Bertz CT molecular complexity index is 815. The van der Waals surface area contributed by atoms with Gasteiger partial charge in [0.15, 0.2) is 0 Å². The van der Waals surface area contributed by atoms with Crippen LogP contribution in [0.2, 0.25) is 0 Å². The van der Waals surface area contributed by atoms with Crippen LogP contribution in [0.1, 0.15) is 107 Å². The van der Waals surface area contributed by atoms with Crippen molar-refractivity contribution in [2.24, 2.45) is 17.8 Å². The Labute approximate surface area is 191 Å². The lowest BCUT2D eigenvalue weighted by Crippen LogP contribution is -2.17. The van der Waals surface area contributed by atoms with Crippen LogP contribution in [0.25, 0.3) is 10.8 Å². The molecule has 2 aliphatic rings. The summed E-state index contributed by atoms with van der Waals surface area (Å²) in [5.74, 6) is 3.58. The molecule has 0 radical (unpaired) electrons. The predicted octanol–water partition coefficient (Wildman–Crippen LogP) is 9.62. The van der Waals surface area contributed by atoms with E-state index in [0.717, 1.165) is 23.7 Å². The Morgan fingerprint density at radius 2 is 1.42 bits per heavy atom. The van der Waals surface area contributed by atoms with Gasteiger partial charge < -0.3 is 0 Å². The summed E-state index contributed by atoms with van der Waals surface area (Å²) in [7, 11) is 0. The summed E-state index contributed by atoms with van der Waals surface area (Å²) in [6.45, 7) is 6.28. The number of fused-ring (bicyclic) bond motifs is 1. The third-order valence-electron chi connectivity index (χ3n) is 8.52. The van der Waals surface area contributed by atoms with Crippen molar-refractivity contribution in [3.63, 3.8) is 0 Å². The maximum atomic E-state index is 3.99. The quantitative estimate of drug-likeness (QED) is 0.282. The summed E-state index contributed by atoms with van der Waals surface area (Å²) >= 11 is 0. The van der Waals surface area contributed by atoms with Crippen LogP contribution in [-0.2, 0) is 6.42 Å². The topological polar surface area (TPSA) is 0 Å². The van der Waals surface area contributed by atoms with E-state index >= 15 is 0 Å². The zero-order valence-corrected chi connectivity index (χ0v) is 20.0. The summed E-state index contributed by atoms with van der Waals surface area (Å²) < 4.78 is 0. The summed E-state index contributed by atoms with van der Waals surface area (Å²) in [5.41, 5.74) is 3.10. The Kier molecular flexibility index (Phi) is 8.28. The highest BCUT2D eigenvalue weighted by Crippen LogP contribution is 2.40. The molecule has 0 spiro atoms. The van der Waals surface area contributed by atoms with E-state index in [4.69, 9.17) is 0 Å². The first-order valence-electron chi connectivity index (χ1n) is 13.4. The van der Waals surface area contributed by atoms with E-state index in [1.54, 1.807) is 5.56 Å². The zero-order valence-electron chi connectivity index (χ0n) is 20.0. The number of aryl methyl sites for hydroxylation is 1. The molecule has 2 aromatic carbocycles. The molecule has 0 saturated heterocycles. The minimum atomic E-state index is 0.785. The molecule has 2 aliphatic carbocycles. The highest BCUT2D eigenvalue weighted by atomic mass is 14.3. The van der Waals surface area contributed by atoms with Crippen LogP contribution in [0, 0.1) is 17.8 Å². The molecule has 0 aliphatic heterocycles. The highest BCUT2D eigenvalue weighted by molar-refractivity contribution is 5.84. The van der Waals surface area contributed by atoms with Gasteiger partial charge in [-0.05, 0) is 110 Å². The van der Waals surface area contributed by atoms with E-state index in [-0.39, 0.29) is 0 Å². The van der Waals surface area contributed by atoms with Gasteiger partial charge in [0.05, 0.1) is 0 Å². The van der Waals surface area contributed by atoms with Crippen molar-refractivity contribution in [3.05, 3.63) is 60.2 Å². The van der Waals surface area contributed by atoms with Gasteiger partial charge in [-0.25, -0.2) is 0 Å². The number of hydrogen-bond acceptors (Lipinski definition) is 0. The van der Waals surface area contributed by atoms with Crippen LogP contribution >= 0.6 is 0 Å². The zero-order chi connectivity index (χ0) is 21.5.